The van der Waals surface area contributed by atoms with Crippen molar-refractivity contribution in [3.63, 3.8) is 0 Å². The summed E-state index contributed by atoms with van der Waals surface area (Å²) in [5.74, 6) is 0. The fourth-order valence-corrected chi connectivity index (χ4v) is 1.84. The minimum Gasteiger partial charge on any atom is -0.373 e. The van der Waals surface area contributed by atoms with Crippen LogP contribution in [0.4, 0.5) is 0 Å². The monoisotopic (exact) mass is 224 g/mol. The number of ether oxygens (including phenoxy) is 1. The molecule has 0 N–H and O–H groups in total. The highest BCUT2D eigenvalue weighted by molar-refractivity contribution is 6.29. The summed E-state index contributed by atoms with van der Waals surface area (Å²) in [6.07, 6.45) is 6.16. The van der Waals surface area contributed by atoms with Crippen LogP contribution in [-0.2, 0) is 4.74 Å². The number of alkyl halides is 2. The molecule has 0 aromatic rings. The van der Waals surface area contributed by atoms with E-state index in [1.54, 1.807) is 0 Å². The third kappa shape index (κ3) is 5.09. The van der Waals surface area contributed by atoms with Crippen LogP contribution in [0.3, 0.4) is 0 Å². The van der Waals surface area contributed by atoms with E-state index in [0.29, 0.717) is 6.10 Å². The number of hydrogen-bond acceptors (Lipinski definition) is 1. The van der Waals surface area contributed by atoms with Crippen LogP contribution in [0, 0.1) is 0 Å². The van der Waals surface area contributed by atoms with Crippen LogP contribution in [-0.4, -0.2) is 23.5 Å². The number of rotatable bonds is 7. The number of unbranched alkanes of at least 4 members (excludes halogenated alkanes) is 1. The highest BCUT2D eigenvalue weighted by Gasteiger charge is 2.21. The van der Waals surface area contributed by atoms with Gasteiger partial charge >= 0.3 is 0 Å². The number of halogens is 2. The Bertz CT molecular complexity index is 137. The van der Waals surface area contributed by atoms with Crippen LogP contribution < -0.4 is 0 Å². The van der Waals surface area contributed by atoms with Gasteiger partial charge in [0.1, 0.15) is 0 Å². The molecule has 1 aliphatic heterocycles. The van der Waals surface area contributed by atoms with Crippen LogP contribution in [0.1, 0.15) is 39.0 Å². The summed E-state index contributed by atoms with van der Waals surface area (Å²) in [6, 6.07) is 0. The fraction of sp³-hybridized carbons (Fsp3) is 1.00. The number of epoxide rings is 1. The van der Waals surface area contributed by atoms with E-state index < -0.39 is 0 Å². The predicted molar refractivity (Wildman–Crippen MR) is 57.8 cm³/mol. The van der Waals surface area contributed by atoms with Gasteiger partial charge in [0.05, 0.1) is 12.7 Å². The van der Waals surface area contributed by atoms with Gasteiger partial charge in [-0.15, -0.1) is 23.2 Å². The van der Waals surface area contributed by atoms with E-state index in [0.717, 1.165) is 19.4 Å². The standard InChI is InChI=1S/C10H18Cl2O/c1-2-9(11)10(12)6-4-3-5-8-7-13-8/h8-10H,2-7H2,1H3. The maximum atomic E-state index is 6.10. The largest absolute Gasteiger partial charge is 0.373 e. The van der Waals surface area contributed by atoms with Crippen LogP contribution in [0.2, 0.25) is 0 Å². The summed E-state index contributed by atoms with van der Waals surface area (Å²) in [7, 11) is 0. The molecule has 0 aliphatic carbocycles. The molecule has 1 rings (SSSR count). The van der Waals surface area contributed by atoms with Crippen LogP contribution in [0.25, 0.3) is 0 Å². The first-order valence-corrected chi connectivity index (χ1v) is 6.01. The first-order valence-electron chi connectivity index (χ1n) is 5.13. The lowest BCUT2D eigenvalue weighted by atomic mass is 10.1. The van der Waals surface area contributed by atoms with Crippen molar-refractivity contribution in [2.75, 3.05) is 6.61 Å². The molecule has 0 saturated carbocycles. The average molecular weight is 225 g/mol. The molecule has 1 heterocycles. The maximum Gasteiger partial charge on any atom is 0.0810 e. The summed E-state index contributed by atoms with van der Waals surface area (Å²) in [5, 5.41) is 0.283. The third-order valence-corrected chi connectivity index (χ3v) is 3.70. The predicted octanol–water partition coefficient (Wildman–Crippen LogP) is 3.57. The quantitative estimate of drug-likeness (QED) is 0.366. The average Bonchev–Trinajstić information content (AvgIpc) is 2.94. The first-order chi connectivity index (χ1) is 6.24. The van der Waals surface area contributed by atoms with Gasteiger partial charge in [-0.2, -0.15) is 0 Å². The van der Waals surface area contributed by atoms with Gasteiger partial charge in [0.15, 0.2) is 0 Å². The van der Waals surface area contributed by atoms with Gasteiger partial charge in [0, 0.05) is 10.8 Å². The Balaban J connectivity index is 1.90. The molecule has 1 saturated heterocycles. The molecule has 0 spiro atoms. The molecule has 1 nitrogen and oxygen atoms in total. The summed E-state index contributed by atoms with van der Waals surface area (Å²) in [6.45, 7) is 3.04. The van der Waals surface area contributed by atoms with Crippen molar-refractivity contribution in [1.82, 2.24) is 0 Å². The van der Waals surface area contributed by atoms with Gasteiger partial charge < -0.3 is 4.74 Å². The Labute approximate surface area is 90.7 Å². The summed E-state index contributed by atoms with van der Waals surface area (Å²) in [5.41, 5.74) is 0. The molecule has 3 heteroatoms. The minimum atomic E-state index is 0.138. The van der Waals surface area contributed by atoms with Gasteiger partial charge in [-0.1, -0.05) is 19.8 Å². The Morgan fingerprint density at radius 3 is 2.54 bits per heavy atom. The van der Waals surface area contributed by atoms with Crippen LogP contribution >= 0.6 is 23.2 Å². The smallest absolute Gasteiger partial charge is 0.0810 e. The summed E-state index contributed by atoms with van der Waals surface area (Å²) < 4.78 is 5.13. The lowest BCUT2D eigenvalue weighted by molar-refractivity contribution is 0.388. The van der Waals surface area contributed by atoms with Crippen molar-refractivity contribution < 1.29 is 4.74 Å². The van der Waals surface area contributed by atoms with Gasteiger partial charge in [0.25, 0.3) is 0 Å². The molecule has 0 aromatic carbocycles. The fourth-order valence-electron chi connectivity index (χ4n) is 1.38. The summed E-state index contributed by atoms with van der Waals surface area (Å²) >= 11 is 12.1. The van der Waals surface area contributed by atoms with Crippen molar-refractivity contribution in [1.29, 1.82) is 0 Å². The Kier molecular flexibility index (Phi) is 5.45. The van der Waals surface area contributed by atoms with E-state index >= 15 is 0 Å². The van der Waals surface area contributed by atoms with Crippen LogP contribution in [0.15, 0.2) is 0 Å². The zero-order chi connectivity index (χ0) is 9.68. The second-order valence-electron chi connectivity index (χ2n) is 3.68. The summed E-state index contributed by atoms with van der Waals surface area (Å²) in [4.78, 5) is 0. The normalized spacial score (nSPS) is 25.6. The molecule has 1 fully saturated rings. The topological polar surface area (TPSA) is 12.5 Å². The second kappa shape index (κ2) is 6.10. The minimum absolute atomic E-state index is 0.138. The van der Waals surface area contributed by atoms with Gasteiger partial charge in [-0.3, -0.25) is 0 Å². The molecule has 0 bridgehead atoms. The van der Waals surface area contributed by atoms with E-state index in [4.69, 9.17) is 27.9 Å². The molecule has 0 amide bonds. The lowest BCUT2D eigenvalue weighted by Gasteiger charge is -2.13. The van der Waals surface area contributed by atoms with Crippen molar-refractivity contribution in [2.24, 2.45) is 0 Å². The molecule has 0 aromatic heterocycles. The SMILES string of the molecule is CCC(Cl)C(Cl)CCCCC1CO1. The van der Waals surface area contributed by atoms with E-state index in [-0.39, 0.29) is 10.8 Å². The van der Waals surface area contributed by atoms with E-state index in [1.807, 2.05) is 0 Å². The third-order valence-electron chi connectivity index (χ3n) is 2.44. The Morgan fingerprint density at radius 1 is 1.31 bits per heavy atom. The van der Waals surface area contributed by atoms with Gasteiger partial charge in [-0.05, 0) is 19.3 Å². The van der Waals surface area contributed by atoms with Crippen molar-refractivity contribution >= 4 is 23.2 Å². The van der Waals surface area contributed by atoms with Crippen molar-refractivity contribution in [3.8, 4) is 0 Å². The van der Waals surface area contributed by atoms with Gasteiger partial charge in [-0.25, -0.2) is 0 Å². The highest BCUT2D eigenvalue weighted by atomic mass is 35.5. The van der Waals surface area contributed by atoms with Crippen molar-refractivity contribution in [2.45, 2.75) is 55.9 Å². The molecular weight excluding hydrogens is 207 g/mol. The van der Waals surface area contributed by atoms with Gasteiger partial charge in [0.2, 0.25) is 0 Å². The second-order valence-corrected chi connectivity index (χ2v) is 4.80. The molecular formula is C10H18Cl2O. The molecule has 3 unspecified atom stereocenters. The zero-order valence-electron chi connectivity index (χ0n) is 8.14. The molecule has 0 radical (unpaired) electrons. The van der Waals surface area contributed by atoms with Crippen molar-refractivity contribution in [3.05, 3.63) is 0 Å². The maximum absolute atomic E-state index is 6.10. The van der Waals surface area contributed by atoms with E-state index in [2.05, 4.69) is 6.92 Å². The Morgan fingerprint density at radius 2 is 2.00 bits per heavy atom. The lowest BCUT2D eigenvalue weighted by Crippen LogP contribution is -2.13. The number of hydrogen-bond donors (Lipinski definition) is 0. The molecule has 78 valence electrons. The molecule has 13 heavy (non-hydrogen) atoms. The first kappa shape index (κ1) is 11.6. The Hall–Kier alpha value is 0.540. The zero-order valence-corrected chi connectivity index (χ0v) is 9.65. The molecule has 3 atom stereocenters. The highest BCUT2D eigenvalue weighted by Crippen LogP contribution is 2.22. The molecule has 1 aliphatic rings. The van der Waals surface area contributed by atoms with E-state index in [1.165, 1.54) is 19.3 Å². The van der Waals surface area contributed by atoms with E-state index in [9.17, 15) is 0 Å². The van der Waals surface area contributed by atoms with Crippen LogP contribution in [0.5, 0.6) is 0 Å².